The van der Waals surface area contributed by atoms with Gasteiger partial charge in [0.15, 0.2) is 0 Å². The number of hydrogen-bond donors (Lipinski definition) is 2. The quantitative estimate of drug-likeness (QED) is 0.875. The van der Waals surface area contributed by atoms with E-state index in [4.69, 9.17) is 5.73 Å². The van der Waals surface area contributed by atoms with Crippen LogP contribution in [0.1, 0.15) is 28.3 Å². The first kappa shape index (κ1) is 14.3. The first-order valence-electron chi connectivity index (χ1n) is 6.71. The van der Waals surface area contributed by atoms with E-state index in [9.17, 15) is 4.79 Å². The van der Waals surface area contributed by atoms with Gasteiger partial charge in [-0.25, -0.2) is 0 Å². The van der Waals surface area contributed by atoms with Crippen molar-refractivity contribution in [2.45, 2.75) is 19.9 Å². The van der Waals surface area contributed by atoms with Crippen molar-refractivity contribution in [3.8, 4) is 0 Å². The SMILES string of the molecule is Cc1ccc(C)c(C(NCC(N)=O)c2ccccc2)c1. The van der Waals surface area contributed by atoms with Crippen LogP contribution in [-0.2, 0) is 4.79 Å². The predicted molar refractivity (Wildman–Crippen MR) is 81.4 cm³/mol. The van der Waals surface area contributed by atoms with E-state index in [1.807, 2.05) is 18.2 Å². The predicted octanol–water partition coefficient (Wildman–Crippen LogP) is 2.47. The number of rotatable bonds is 5. The Morgan fingerprint density at radius 1 is 1.15 bits per heavy atom. The van der Waals surface area contributed by atoms with Gasteiger partial charge >= 0.3 is 0 Å². The van der Waals surface area contributed by atoms with Gasteiger partial charge in [0.2, 0.25) is 5.91 Å². The van der Waals surface area contributed by atoms with Crippen molar-refractivity contribution in [1.29, 1.82) is 0 Å². The molecule has 0 bridgehead atoms. The van der Waals surface area contributed by atoms with Crippen molar-refractivity contribution < 1.29 is 4.79 Å². The molecule has 104 valence electrons. The molecular formula is C17H20N2O. The van der Waals surface area contributed by atoms with Gasteiger partial charge in [-0.1, -0.05) is 54.1 Å². The number of aryl methyl sites for hydroxylation is 2. The van der Waals surface area contributed by atoms with Gasteiger partial charge in [-0.3, -0.25) is 10.1 Å². The summed E-state index contributed by atoms with van der Waals surface area (Å²) in [6.07, 6.45) is 0. The molecule has 1 amide bonds. The van der Waals surface area contributed by atoms with Gasteiger partial charge in [-0.05, 0) is 30.5 Å². The Balaban J connectivity index is 2.40. The fraction of sp³-hybridized carbons (Fsp3) is 0.235. The summed E-state index contributed by atoms with van der Waals surface area (Å²) < 4.78 is 0. The Bertz CT molecular complexity index is 593. The number of nitrogens with two attached hydrogens (primary N) is 1. The van der Waals surface area contributed by atoms with Crippen molar-refractivity contribution in [1.82, 2.24) is 5.32 Å². The van der Waals surface area contributed by atoms with E-state index in [0.717, 1.165) is 5.56 Å². The molecule has 0 aliphatic rings. The monoisotopic (exact) mass is 268 g/mol. The first-order valence-corrected chi connectivity index (χ1v) is 6.71. The van der Waals surface area contributed by atoms with E-state index in [1.165, 1.54) is 16.7 Å². The Hall–Kier alpha value is -2.13. The maximum atomic E-state index is 11.1. The highest BCUT2D eigenvalue weighted by atomic mass is 16.1. The van der Waals surface area contributed by atoms with Gasteiger partial charge in [0.25, 0.3) is 0 Å². The Morgan fingerprint density at radius 2 is 1.85 bits per heavy atom. The molecule has 3 N–H and O–H groups in total. The summed E-state index contributed by atoms with van der Waals surface area (Å²) in [4.78, 5) is 11.1. The molecule has 0 fully saturated rings. The molecule has 0 aliphatic carbocycles. The second kappa shape index (κ2) is 6.35. The number of benzene rings is 2. The number of primary amides is 1. The molecule has 0 radical (unpaired) electrons. The molecule has 20 heavy (non-hydrogen) atoms. The molecule has 0 saturated heterocycles. The molecule has 2 aromatic carbocycles. The topological polar surface area (TPSA) is 55.1 Å². The molecule has 1 atom stereocenters. The van der Waals surface area contributed by atoms with Crippen LogP contribution in [0.15, 0.2) is 48.5 Å². The zero-order valence-corrected chi connectivity index (χ0v) is 11.9. The fourth-order valence-corrected chi connectivity index (χ4v) is 2.33. The van der Waals surface area contributed by atoms with Gasteiger partial charge in [0, 0.05) is 0 Å². The zero-order chi connectivity index (χ0) is 14.5. The molecule has 0 spiro atoms. The summed E-state index contributed by atoms with van der Waals surface area (Å²) in [5.74, 6) is -0.351. The lowest BCUT2D eigenvalue weighted by Crippen LogP contribution is -2.32. The lowest BCUT2D eigenvalue weighted by molar-refractivity contribution is -0.117. The molecule has 3 nitrogen and oxygen atoms in total. The summed E-state index contributed by atoms with van der Waals surface area (Å²) in [7, 11) is 0. The van der Waals surface area contributed by atoms with E-state index in [1.54, 1.807) is 0 Å². The minimum atomic E-state index is -0.351. The summed E-state index contributed by atoms with van der Waals surface area (Å²) >= 11 is 0. The standard InChI is InChI=1S/C17H20N2O/c1-12-8-9-13(2)15(10-12)17(19-11-16(18)20)14-6-4-3-5-7-14/h3-10,17,19H,11H2,1-2H3,(H2,18,20). The Morgan fingerprint density at radius 3 is 2.50 bits per heavy atom. The highest BCUT2D eigenvalue weighted by Gasteiger charge is 2.16. The van der Waals surface area contributed by atoms with Crippen molar-refractivity contribution in [3.05, 3.63) is 70.8 Å². The maximum absolute atomic E-state index is 11.1. The van der Waals surface area contributed by atoms with Crippen LogP contribution in [0.25, 0.3) is 0 Å². The molecule has 2 rings (SSSR count). The molecular weight excluding hydrogens is 248 g/mol. The minimum absolute atomic E-state index is 0.0244. The number of amides is 1. The van der Waals surface area contributed by atoms with Crippen LogP contribution in [0.4, 0.5) is 0 Å². The maximum Gasteiger partial charge on any atom is 0.231 e. The van der Waals surface area contributed by atoms with Gasteiger partial charge in [0.05, 0.1) is 12.6 Å². The van der Waals surface area contributed by atoms with E-state index >= 15 is 0 Å². The van der Waals surface area contributed by atoms with Gasteiger partial charge in [-0.2, -0.15) is 0 Å². The van der Waals surface area contributed by atoms with E-state index in [2.05, 4.69) is 49.5 Å². The number of carbonyl (C=O) groups is 1. The summed E-state index contributed by atoms with van der Waals surface area (Å²) in [5, 5.41) is 3.25. The van der Waals surface area contributed by atoms with Gasteiger partial charge in [-0.15, -0.1) is 0 Å². The molecule has 0 saturated carbocycles. The average molecular weight is 268 g/mol. The fourth-order valence-electron chi connectivity index (χ4n) is 2.33. The van der Waals surface area contributed by atoms with Crippen LogP contribution >= 0.6 is 0 Å². The van der Waals surface area contributed by atoms with Crippen molar-refractivity contribution in [2.24, 2.45) is 5.73 Å². The lowest BCUT2D eigenvalue weighted by Gasteiger charge is -2.21. The van der Waals surface area contributed by atoms with Crippen molar-refractivity contribution >= 4 is 5.91 Å². The first-order chi connectivity index (χ1) is 9.58. The molecule has 3 heteroatoms. The highest BCUT2D eigenvalue weighted by Crippen LogP contribution is 2.25. The Labute approximate surface area is 119 Å². The number of nitrogens with one attached hydrogen (secondary N) is 1. The summed E-state index contributed by atoms with van der Waals surface area (Å²) in [6, 6.07) is 16.4. The third kappa shape index (κ3) is 3.45. The van der Waals surface area contributed by atoms with E-state index in [-0.39, 0.29) is 18.5 Å². The summed E-state index contributed by atoms with van der Waals surface area (Å²) in [5.41, 5.74) is 9.97. The Kier molecular flexibility index (Phi) is 4.53. The number of hydrogen-bond acceptors (Lipinski definition) is 2. The largest absolute Gasteiger partial charge is 0.369 e. The average Bonchev–Trinajstić information content (AvgIpc) is 2.43. The van der Waals surface area contributed by atoms with Crippen LogP contribution in [0.2, 0.25) is 0 Å². The number of carbonyl (C=O) groups excluding carboxylic acids is 1. The van der Waals surface area contributed by atoms with E-state index < -0.39 is 0 Å². The van der Waals surface area contributed by atoms with Gasteiger partial charge in [0.1, 0.15) is 0 Å². The highest BCUT2D eigenvalue weighted by molar-refractivity contribution is 5.76. The van der Waals surface area contributed by atoms with Crippen molar-refractivity contribution in [2.75, 3.05) is 6.54 Å². The van der Waals surface area contributed by atoms with Crippen molar-refractivity contribution in [3.63, 3.8) is 0 Å². The molecule has 2 aromatic rings. The molecule has 0 aliphatic heterocycles. The van der Waals surface area contributed by atoms with Crippen LogP contribution < -0.4 is 11.1 Å². The molecule has 0 aromatic heterocycles. The van der Waals surface area contributed by atoms with Crippen LogP contribution in [0, 0.1) is 13.8 Å². The second-order valence-corrected chi connectivity index (χ2v) is 5.05. The van der Waals surface area contributed by atoms with Crippen LogP contribution in [-0.4, -0.2) is 12.5 Å². The van der Waals surface area contributed by atoms with Crippen LogP contribution in [0.3, 0.4) is 0 Å². The smallest absolute Gasteiger partial charge is 0.231 e. The second-order valence-electron chi connectivity index (χ2n) is 5.05. The summed E-state index contributed by atoms with van der Waals surface area (Å²) in [6.45, 7) is 4.31. The van der Waals surface area contributed by atoms with Gasteiger partial charge < -0.3 is 5.73 Å². The third-order valence-corrected chi connectivity index (χ3v) is 3.36. The lowest BCUT2D eigenvalue weighted by atomic mass is 9.93. The third-order valence-electron chi connectivity index (χ3n) is 3.36. The normalized spacial score (nSPS) is 12.1. The zero-order valence-electron chi connectivity index (χ0n) is 11.9. The minimum Gasteiger partial charge on any atom is -0.369 e. The van der Waals surface area contributed by atoms with E-state index in [0.29, 0.717) is 0 Å². The van der Waals surface area contributed by atoms with Crippen LogP contribution in [0.5, 0.6) is 0 Å². The molecule has 0 heterocycles. The molecule has 1 unspecified atom stereocenters.